The quantitative estimate of drug-likeness (QED) is 0.857. The van der Waals surface area contributed by atoms with Crippen molar-refractivity contribution < 1.29 is 0 Å². The van der Waals surface area contributed by atoms with Crippen LogP contribution in [0.5, 0.6) is 0 Å². The summed E-state index contributed by atoms with van der Waals surface area (Å²) in [5, 5.41) is 0. The Morgan fingerprint density at radius 3 is 2.47 bits per heavy atom. The molecule has 0 saturated heterocycles. The highest BCUT2D eigenvalue weighted by Gasteiger charge is 2.14. The SMILES string of the molecule is Cl.Cl.NCCCCN1CCc2ccccc2C1. The third-order valence-corrected chi connectivity index (χ3v) is 3.14. The van der Waals surface area contributed by atoms with Crippen molar-refractivity contribution in [2.45, 2.75) is 25.8 Å². The fraction of sp³-hybridized carbons (Fsp3) is 0.538. The predicted octanol–water partition coefficient (Wildman–Crippen LogP) is 2.63. The molecular formula is C13H22Cl2N2. The Bertz CT molecular complexity index is 318. The lowest BCUT2D eigenvalue weighted by atomic mass is 10.00. The summed E-state index contributed by atoms with van der Waals surface area (Å²) in [6.07, 6.45) is 3.59. The standard InChI is InChI=1S/C13H20N2.2ClH/c14-8-3-4-9-15-10-7-12-5-1-2-6-13(12)11-15;;/h1-2,5-6H,3-4,7-11,14H2;2*1H. The minimum atomic E-state index is 0. The van der Waals surface area contributed by atoms with Crippen molar-refractivity contribution in [3.8, 4) is 0 Å². The summed E-state index contributed by atoms with van der Waals surface area (Å²) in [4.78, 5) is 2.54. The molecule has 0 saturated carbocycles. The molecule has 0 aromatic heterocycles. The largest absolute Gasteiger partial charge is 0.330 e. The molecule has 0 atom stereocenters. The van der Waals surface area contributed by atoms with E-state index in [2.05, 4.69) is 29.2 Å². The van der Waals surface area contributed by atoms with E-state index in [1.807, 2.05) is 0 Å². The van der Waals surface area contributed by atoms with Gasteiger partial charge in [0.1, 0.15) is 0 Å². The lowest BCUT2D eigenvalue weighted by molar-refractivity contribution is 0.249. The molecule has 0 unspecified atom stereocenters. The van der Waals surface area contributed by atoms with Gasteiger partial charge in [-0.2, -0.15) is 0 Å². The molecule has 17 heavy (non-hydrogen) atoms. The van der Waals surface area contributed by atoms with Gasteiger partial charge < -0.3 is 5.73 Å². The van der Waals surface area contributed by atoms with E-state index in [9.17, 15) is 0 Å². The Labute approximate surface area is 116 Å². The minimum Gasteiger partial charge on any atom is -0.330 e. The van der Waals surface area contributed by atoms with Crippen LogP contribution < -0.4 is 5.73 Å². The molecule has 4 heteroatoms. The van der Waals surface area contributed by atoms with Crippen molar-refractivity contribution in [1.82, 2.24) is 4.90 Å². The summed E-state index contributed by atoms with van der Waals surface area (Å²) < 4.78 is 0. The Balaban J connectivity index is 0.00000128. The number of nitrogens with two attached hydrogens (primary N) is 1. The van der Waals surface area contributed by atoms with Crippen molar-refractivity contribution >= 4 is 24.8 Å². The number of rotatable bonds is 4. The number of nitrogens with zero attached hydrogens (tertiary/aromatic N) is 1. The van der Waals surface area contributed by atoms with E-state index in [0.29, 0.717) is 0 Å². The van der Waals surface area contributed by atoms with Crippen molar-refractivity contribution in [2.24, 2.45) is 5.73 Å². The summed E-state index contributed by atoms with van der Waals surface area (Å²) in [6.45, 7) is 4.36. The van der Waals surface area contributed by atoms with Crippen LogP contribution in [0, 0.1) is 0 Å². The maximum atomic E-state index is 5.50. The topological polar surface area (TPSA) is 29.3 Å². The Kier molecular flexibility index (Phi) is 8.61. The molecule has 1 aromatic carbocycles. The third-order valence-electron chi connectivity index (χ3n) is 3.14. The van der Waals surface area contributed by atoms with E-state index >= 15 is 0 Å². The summed E-state index contributed by atoms with van der Waals surface area (Å²) in [7, 11) is 0. The smallest absolute Gasteiger partial charge is 0.0236 e. The zero-order valence-electron chi connectivity index (χ0n) is 10.1. The highest BCUT2D eigenvalue weighted by molar-refractivity contribution is 5.85. The van der Waals surface area contributed by atoms with Crippen LogP contribution in [-0.4, -0.2) is 24.5 Å². The zero-order valence-corrected chi connectivity index (χ0v) is 11.7. The van der Waals surface area contributed by atoms with Gasteiger partial charge in [-0.1, -0.05) is 24.3 Å². The fourth-order valence-electron chi connectivity index (χ4n) is 2.22. The van der Waals surface area contributed by atoms with Gasteiger partial charge in [-0.05, 0) is 43.5 Å². The molecule has 2 rings (SSSR count). The molecule has 0 bridgehead atoms. The monoisotopic (exact) mass is 276 g/mol. The normalized spacial score (nSPS) is 14.4. The second kappa shape index (κ2) is 8.76. The first-order valence-corrected chi connectivity index (χ1v) is 5.89. The molecule has 1 heterocycles. The van der Waals surface area contributed by atoms with Crippen LogP contribution in [0.2, 0.25) is 0 Å². The number of benzene rings is 1. The van der Waals surface area contributed by atoms with E-state index in [0.717, 1.165) is 19.5 Å². The van der Waals surface area contributed by atoms with E-state index in [4.69, 9.17) is 5.73 Å². The van der Waals surface area contributed by atoms with Crippen LogP contribution in [0.15, 0.2) is 24.3 Å². The Morgan fingerprint density at radius 1 is 1.06 bits per heavy atom. The highest BCUT2D eigenvalue weighted by atomic mass is 35.5. The molecule has 1 aliphatic rings. The number of fused-ring (bicyclic) bond motifs is 1. The third kappa shape index (κ3) is 4.84. The van der Waals surface area contributed by atoms with E-state index in [-0.39, 0.29) is 24.8 Å². The van der Waals surface area contributed by atoms with Crippen molar-refractivity contribution in [3.63, 3.8) is 0 Å². The van der Waals surface area contributed by atoms with Crippen LogP contribution in [0.4, 0.5) is 0 Å². The second-order valence-corrected chi connectivity index (χ2v) is 4.29. The lowest BCUT2D eigenvalue weighted by Gasteiger charge is -2.28. The molecule has 0 aliphatic carbocycles. The number of hydrogen-bond acceptors (Lipinski definition) is 2. The number of hydrogen-bond donors (Lipinski definition) is 1. The van der Waals surface area contributed by atoms with Gasteiger partial charge in [0.25, 0.3) is 0 Å². The van der Waals surface area contributed by atoms with Crippen LogP contribution in [0.1, 0.15) is 24.0 Å². The average molecular weight is 277 g/mol. The second-order valence-electron chi connectivity index (χ2n) is 4.29. The number of halogens is 2. The van der Waals surface area contributed by atoms with Crippen LogP contribution in [0.25, 0.3) is 0 Å². The minimum absolute atomic E-state index is 0. The first-order valence-electron chi connectivity index (χ1n) is 5.89. The molecular weight excluding hydrogens is 255 g/mol. The van der Waals surface area contributed by atoms with E-state index < -0.39 is 0 Å². The van der Waals surface area contributed by atoms with Gasteiger partial charge in [-0.15, -0.1) is 24.8 Å². The number of unbranched alkanes of at least 4 members (excludes halogenated alkanes) is 1. The van der Waals surface area contributed by atoms with Crippen molar-refractivity contribution in [1.29, 1.82) is 0 Å². The molecule has 98 valence electrons. The molecule has 0 radical (unpaired) electrons. The summed E-state index contributed by atoms with van der Waals surface area (Å²) in [6, 6.07) is 8.79. The molecule has 1 aromatic rings. The highest BCUT2D eigenvalue weighted by Crippen LogP contribution is 2.18. The fourth-order valence-corrected chi connectivity index (χ4v) is 2.22. The Hall–Kier alpha value is -0.280. The van der Waals surface area contributed by atoms with Gasteiger partial charge in [-0.3, -0.25) is 4.90 Å². The van der Waals surface area contributed by atoms with Gasteiger partial charge in [0, 0.05) is 13.1 Å². The average Bonchev–Trinajstić information content (AvgIpc) is 2.29. The predicted molar refractivity (Wildman–Crippen MR) is 78.2 cm³/mol. The van der Waals surface area contributed by atoms with Crippen LogP contribution in [0.3, 0.4) is 0 Å². The van der Waals surface area contributed by atoms with Gasteiger partial charge in [0.15, 0.2) is 0 Å². The van der Waals surface area contributed by atoms with Gasteiger partial charge in [-0.25, -0.2) is 0 Å². The molecule has 2 nitrogen and oxygen atoms in total. The van der Waals surface area contributed by atoms with E-state index in [1.54, 1.807) is 0 Å². The zero-order chi connectivity index (χ0) is 10.5. The first kappa shape index (κ1) is 16.7. The van der Waals surface area contributed by atoms with Crippen LogP contribution in [-0.2, 0) is 13.0 Å². The molecule has 2 N–H and O–H groups in total. The Morgan fingerprint density at radius 2 is 1.76 bits per heavy atom. The van der Waals surface area contributed by atoms with E-state index in [1.165, 1.54) is 37.1 Å². The van der Waals surface area contributed by atoms with Crippen molar-refractivity contribution in [3.05, 3.63) is 35.4 Å². The summed E-state index contributed by atoms with van der Waals surface area (Å²) >= 11 is 0. The summed E-state index contributed by atoms with van der Waals surface area (Å²) in [5.74, 6) is 0. The molecule has 0 spiro atoms. The molecule has 0 amide bonds. The first-order chi connectivity index (χ1) is 7.40. The van der Waals surface area contributed by atoms with Gasteiger partial charge in [0.2, 0.25) is 0 Å². The van der Waals surface area contributed by atoms with Gasteiger partial charge >= 0.3 is 0 Å². The van der Waals surface area contributed by atoms with Gasteiger partial charge in [0.05, 0.1) is 0 Å². The van der Waals surface area contributed by atoms with Crippen molar-refractivity contribution in [2.75, 3.05) is 19.6 Å². The summed E-state index contributed by atoms with van der Waals surface area (Å²) in [5.41, 5.74) is 8.55. The van der Waals surface area contributed by atoms with Crippen LogP contribution >= 0.6 is 24.8 Å². The maximum absolute atomic E-state index is 5.50. The molecule has 0 fully saturated rings. The molecule has 1 aliphatic heterocycles. The maximum Gasteiger partial charge on any atom is 0.0236 e. The lowest BCUT2D eigenvalue weighted by Crippen LogP contribution is -2.31.